The Labute approximate surface area is 144 Å². The molecule has 0 saturated carbocycles. The van der Waals surface area contributed by atoms with Crippen molar-refractivity contribution >= 4 is 17.3 Å². The Kier molecular flexibility index (Phi) is 4.45. The Bertz CT molecular complexity index is 788. The van der Waals surface area contributed by atoms with Gasteiger partial charge in [0.2, 0.25) is 5.91 Å². The first-order valence-electron chi connectivity index (χ1n) is 8.07. The van der Waals surface area contributed by atoms with E-state index in [1.165, 1.54) is 19.1 Å². The summed E-state index contributed by atoms with van der Waals surface area (Å²) in [6.07, 6.45) is -4.35. The van der Waals surface area contributed by atoms with Gasteiger partial charge in [-0.25, -0.2) is 0 Å². The first-order chi connectivity index (χ1) is 11.8. The summed E-state index contributed by atoms with van der Waals surface area (Å²) in [5, 5.41) is 0. The van der Waals surface area contributed by atoms with Crippen LogP contribution < -0.4 is 9.80 Å². The van der Waals surface area contributed by atoms with Crippen molar-refractivity contribution < 1.29 is 18.0 Å². The molecule has 1 aliphatic rings. The number of para-hydroxylation sites is 2. The fraction of sp³-hybridized carbons (Fsp3) is 0.316. The summed E-state index contributed by atoms with van der Waals surface area (Å²) in [6, 6.07) is 12.8. The number of carbonyl (C=O) groups excluding carboxylic acids is 1. The van der Waals surface area contributed by atoms with Gasteiger partial charge in [0.1, 0.15) is 0 Å². The molecular formula is C19H19F3N2O. The average molecular weight is 348 g/mol. The molecule has 132 valence electrons. The van der Waals surface area contributed by atoms with E-state index < -0.39 is 11.7 Å². The lowest BCUT2D eigenvalue weighted by Crippen LogP contribution is -2.49. The molecule has 1 atom stereocenters. The zero-order valence-corrected chi connectivity index (χ0v) is 14.0. The second kappa shape index (κ2) is 6.43. The number of fused-ring (bicyclic) bond motifs is 1. The lowest BCUT2D eigenvalue weighted by Gasteiger charge is -2.42. The molecule has 0 N–H and O–H groups in total. The lowest BCUT2D eigenvalue weighted by molar-refractivity contribution is -0.137. The fourth-order valence-corrected chi connectivity index (χ4v) is 3.37. The minimum atomic E-state index is -4.35. The predicted molar refractivity (Wildman–Crippen MR) is 91.6 cm³/mol. The maximum atomic E-state index is 12.9. The average Bonchev–Trinajstić information content (AvgIpc) is 2.54. The molecule has 0 fully saturated rings. The van der Waals surface area contributed by atoms with E-state index >= 15 is 0 Å². The van der Waals surface area contributed by atoms with Gasteiger partial charge < -0.3 is 9.80 Å². The van der Waals surface area contributed by atoms with Crippen LogP contribution in [0.25, 0.3) is 0 Å². The lowest BCUT2D eigenvalue weighted by atomic mass is 10.1. The first kappa shape index (κ1) is 17.3. The SMILES string of the molecule is CC(=O)N1c2ccccc2N(Cc2cccc(C(F)(F)F)c2)CC1C. The van der Waals surface area contributed by atoms with Crippen LogP contribution in [0.1, 0.15) is 25.0 Å². The molecule has 3 nitrogen and oxygen atoms in total. The number of carbonyl (C=O) groups is 1. The van der Waals surface area contributed by atoms with Gasteiger partial charge in [0, 0.05) is 20.0 Å². The second-order valence-corrected chi connectivity index (χ2v) is 6.31. The van der Waals surface area contributed by atoms with Gasteiger partial charge in [-0.15, -0.1) is 0 Å². The monoisotopic (exact) mass is 348 g/mol. The number of hydrogen-bond acceptors (Lipinski definition) is 2. The minimum Gasteiger partial charge on any atom is -0.363 e. The van der Waals surface area contributed by atoms with E-state index in [0.29, 0.717) is 18.7 Å². The third-order valence-corrected chi connectivity index (χ3v) is 4.37. The number of rotatable bonds is 2. The summed E-state index contributed by atoms with van der Waals surface area (Å²) in [4.78, 5) is 15.7. The highest BCUT2D eigenvalue weighted by Crippen LogP contribution is 2.36. The van der Waals surface area contributed by atoms with Crippen LogP contribution >= 0.6 is 0 Å². The van der Waals surface area contributed by atoms with Gasteiger partial charge >= 0.3 is 6.18 Å². The zero-order valence-electron chi connectivity index (χ0n) is 14.0. The topological polar surface area (TPSA) is 23.6 Å². The Morgan fingerprint density at radius 3 is 2.44 bits per heavy atom. The minimum absolute atomic E-state index is 0.0429. The van der Waals surface area contributed by atoms with Crippen LogP contribution in [0, 0.1) is 0 Å². The molecule has 2 aromatic carbocycles. The van der Waals surface area contributed by atoms with Crippen molar-refractivity contribution in [1.82, 2.24) is 0 Å². The van der Waals surface area contributed by atoms with E-state index in [1.807, 2.05) is 36.1 Å². The summed E-state index contributed by atoms with van der Waals surface area (Å²) in [6.45, 7) is 4.38. The molecule has 0 radical (unpaired) electrons. The van der Waals surface area contributed by atoms with Gasteiger partial charge in [-0.1, -0.05) is 24.3 Å². The van der Waals surface area contributed by atoms with E-state index in [4.69, 9.17) is 0 Å². The number of anilines is 2. The molecule has 1 heterocycles. The summed E-state index contributed by atoms with van der Waals surface area (Å²) >= 11 is 0. The van der Waals surface area contributed by atoms with E-state index in [0.717, 1.165) is 17.4 Å². The highest BCUT2D eigenvalue weighted by Gasteiger charge is 2.32. The molecule has 2 aromatic rings. The first-order valence-corrected chi connectivity index (χ1v) is 8.07. The van der Waals surface area contributed by atoms with Crippen molar-refractivity contribution in [1.29, 1.82) is 0 Å². The fourth-order valence-electron chi connectivity index (χ4n) is 3.37. The highest BCUT2D eigenvalue weighted by molar-refractivity contribution is 5.97. The third kappa shape index (κ3) is 3.48. The summed E-state index contributed by atoms with van der Waals surface area (Å²) in [5.74, 6) is -0.0429. The number of hydrogen-bond donors (Lipinski definition) is 0. The Hall–Kier alpha value is -2.50. The van der Waals surface area contributed by atoms with Crippen LogP contribution in [0.4, 0.5) is 24.5 Å². The predicted octanol–water partition coefficient (Wildman–Crippen LogP) is 4.47. The third-order valence-electron chi connectivity index (χ3n) is 4.37. The van der Waals surface area contributed by atoms with Gasteiger partial charge in [0.25, 0.3) is 0 Å². The van der Waals surface area contributed by atoms with Gasteiger partial charge in [-0.3, -0.25) is 4.79 Å². The number of amides is 1. The van der Waals surface area contributed by atoms with Gasteiger partial charge in [-0.05, 0) is 36.8 Å². The quantitative estimate of drug-likeness (QED) is 0.800. The second-order valence-electron chi connectivity index (χ2n) is 6.31. The van der Waals surface area contributed by atoms with E-state index in [2.05, 4.69) is 0 Å². The molecule has 6 heteroatoms. The largest absolute Gasteiger partial charge is 0.416 e. The molecule has 1 unspecified atom stereocenters. The Morgan fingerprint density at radius 2 is 1.80 bits per heavy atom. The smallest absolute Gasteiger partial charge is 0.363 e. The number of alkyl halides is 3. The Balaban J connectivity index is 1.94. The maximum Gasteiger partial charge on any atom is 0.416 e. The molecule has 0 aliphatic carbocycles. The van der Waals surface area contributed by atoms with E-state index in [-0.39, 0.29) is 11.9 Å². The van der Waals surface area contributed by atoms with Crippen molar-refractivity contribution in [3.8, 4) is 0 Å². The normalized spacial score (nSPS) is 17.4. The Morgan fingerprint density at radius 1 is 1.12 bits per heavy atom. The van der Waals surface area contributed by atoms with Crippen LogP contribution in [0.2, 0.25) is 0 Å². The number of nitrogens with zero attached hydrogens (tertiary/aromatic N) is 2. The van der Waals surface area contributed by atoms with Gasteiger partial charge in [-0.2, -0.15) is 13.2 Å². The summed E-state index contributed by atoms with van der Waals surface area (Å²) in [5.41, 5.74) is 1.59. The molecule has 0 saturated heterocycles. The van der Waals surface area contributed by atoms with Crippen LogP contribution in [0.3, 0.4) is 0 Å². The maximum absolute atomic E-state index is 12.9. The zero-order chi connectivity index (χ0) is 18.2. The highest BCUT2D eigenvalue weighted by atomic mass is 19.4. The van der Waals surface area contributed by atoms with Crippen molar-refractivity contribution in [3.63, 3.8) is 0 Å². The summed E-state index contributed by atoms with van der Waals surface area (Å²) in [7, 11) is 0. The van der Waals surface area contributed by atoms with Crippen molar-refractivity contribution in [2.45, 2.75) is 32.6 Å². The van der Waals surface area contributed by atoms with Gasteiger partial charge in [0.05, 0.1) is 23.0 Å². The van der Waals surface area contributed by atoms with Gasteiger partial charge in [0.15, 0.2) is 0 Å². The van der Waals surface area contributed by atoms with Crippen LogP contribution in [0.5, 0.6) is 0 Å². The van der Waals surface area contributed by atoms with Crippen LogP contribution in [-0.2, 0) is 17.5 Å². The van der Waals surface area contributed by atoms with Crippen molar-refractivity contribution in [2.75, 3.05) is 16.3 Å². The molecule has 0 bridgehead atoms. The van der Waals surface area contributed by atoms with Crippen molar-refractivity contribution in [3.05, 3.63) is 59.7 Å². The van der Waals surface area contributed by atoms with E-state index in [1.54, 1.807) is 11.0 Å². The van der Waals surface area contributed by atoms with E-state index in [9.17, 15) is 18.0 Å². The molecule has 0 aromatic heterocycles. The van der Waals surface area contributed by atoms with Crippen LogP contribution in [0.15, 0.2) is 48.5 Å². The number of halogens is 3. The number of benzene rings is 2. The van der Waals surface area contributed by atoms with Crippen LogP contribution in [-0.4, -0.2) is 18.5 Å². The standard InChI is InChI=1S/C19H19F3N2O/c1-13-11-23(12-15-6-5-7-16(10-15)19(20,21)22)17-8-3-4-9-18(17)24(13)14(2)25/h3-10,13H,11-12H2,1-2H3. The molecule has 1 aliphatic heterocycles. The van der Waals surface area contributed by atoms with Crippen molar-refractivity contribution in [2.24, 2.45) is 0 Å². The molecular weight excluding hydrogens is 329 g/mol. The molecule has 1 amide bonds. The molecule has 3 rings (SSSR count). The summed E-state index contributed by atoms with van der Waals surface area (Å²) < 4.78 is 38.8. The molecule has 0 spiro atoms. The molecule has 25 heavy (non-hydrogen) atoms.